The summed E-state index contributed by atoms with van der Waals surface area (Å²) in [5.74, 6) is 2.06. The largest absolute Gasteiger partial charge is 0.477 e. The third kappa shape index (κ3) is 5.76. The van der Waals surface area contributed by atoms with E-state index in [9.17, 15) is 4.39 Å². The van der Waals surface area contributed by atoms with Crippen LogP contribution in [-0.2, 0) is 6.42 Å². The number of hydrogen-bond acceptors (Lipinski definition) is 3. The topological polar surface area (TPSA) is 35.0 Å². The van der Waals surface area contributed by atoms with Gasteiger partial charge in [0.05, 0.1) is 12.3 Å². The molecular weight excluding hydrogens is 351 g/mol. The van der Waals surface area contributed by atoms with E-state index >= 15 is 0 Å². The van der Waals surface area contributed by atoms with Gasteiger partial charge in [-0.05, 0) is 48.8 Å². The molecule has 0 saturated heterocycles. The average Bonchev–Trinajstić information content (AvgIpc) is 2.74. The van der Waals surface area contributed by atoms with Gasteiger partial charge < -0.3 is 4.74 Å². The van der Waals surface area contributed by atoms with Crippen molar-refractivity contribution in [2.24, 2.45) is 11.8 Å². The molecule has 4 heteroatoms. The first-order chi connectivity index (χ1) is 13.7. The fraction of sp³-hybridized carbons (Fsp3) is 0.583. The van der Waals surface area contributed by atoms with Crippen molar-refractivity contribution in [1.82, 2.24) is 10.2 Å². The molecule has 3 nitrogen and oxygen atoms in total. The molecule has 152 valence electrons. The maximum absolute atomic E-state index is 14.6. The molecule has 0 atom stereocenters. The van der Waals surface area contributed by atoms with Gasteiger partial charge in [-0.3, -0.25) is 0 Å². The molecule has 0 spiro atoms. The second-order valence-electron chi connectivity index (χ2n) is 8.10. The zero-order valence-electron chi connectivity index (χ0n) is 17.3. The lowest BCUT2D eigenvalue weighted by Crippen LogP contribution is -2.14. The Bertz CT molecular complexity index is 724. The van der Waals surface area contributed by atoms with Crippen molar-refractivity contribution in [3.63, 3.8) is 0 Å². The lowest BCUT2D eigenvalue weighted by atomic mass is 9.78. The van der Waals surface area contributed by atoms with Crippen LogP contribution >= 0.6 is 0 Å². The van der Waals surface area contributed by atoms with E-state index in [1.807, 2.05) is 18.2 Å². The Morgan fingerprint density at radius 2 is 1.79 bits per heavy atom. The van der Waals surface area contributed by atoms with Gasteiger partial charge in [0.15, 0.2) is 0 Å². The maximum atomic E-state index is 14.6. The molecule has 28 heavy (non-hydrogen) atoms. The van der Waals surface area contributed by atoms with E-state index in [1.165, 1.54) is 32.1 Å². The number of nitrogens with zero attached hydrogens (tertiary/aromatic N) is 2. The van der Waals surface area contributed by atoms with Crippen molar-refractivity contribution in [1.29, 1.82) is 0 Å². The molecule has 2 aromatic rings. The zero-order valence-corrected chi connectivity index (χ0v) is 17.3. The molecule has 1 heterocycles. The lowest BCUT2D eigenvalue weighted by molar-refractivity contribution is 0.258. The first kappa shape index (κ1) is 20.8. The number of halogens is 1. The minimum Gasteiger partial charge on any atom is -0.477 e. The molecule has 0 aliphatic heterocycles. The van der Waals surface area contributed by atoms with Crippen LogP contribution in [0.25, 0.3) is 11.3 Å². The van der Waals surface area contributed by atoms with Crippen LogP contribution < -0.4 is 4.74 Å². The summed E-state index contributed by atoms with van der Waals surface area (Å²) in [5.41, 5.74) is 2.25. The minimum atomic E-state index is -0.134. The van der Waals surface area contributed by atoms with Crippen LogP contribution in [0.2, 0.25) is 0 Å². The van der Waals surface area contributed by atoms with Crippen LogP contribution in [0.5, 0.6) is 5.88 Å². The Kier molecular flexibility index (Phi) is 7.81. The highest BCUT2D eigenvalue weighted by molar-refractivity contribution is 5.59. The second-order valence-corrected chi connectivity index (χ2v) is 8.10. The fourth-order valence-electron chi connectivity index (χ4n) is 4.07. The first-order valence-electron chi connectivity index (χ1n) is 10.9. The van der Waals surface area contributed by atoms with Crippen LogP contribution in [0, 0.1) is 17.7 Å². The highest BCUT2D eigenvalue weighted by Gasteiger charge is 2.20. The van der Waals surface area contributed by atoms with Crippen molar-refractivity contribution in [3.05, 3.63) is 41.7 Å². The van der Waals surface area contributed by atoms with E-state index in [0.717, 1.165) is 48.6 Å². The number of benzene rings is 1. The van der Waals surface area contributed by atoms with Gasteiger partial charge in [0.25, 0.3) is 0 Å². The van der Waals surface area contributed by atoms with Crippen molar-refractivity contribution in [3.8, 4) is 17.1 Å². The summed E-state index contributed by atoms with van der Waals surface area (Å²) in [5, 5.41) is 8.29. The number of ether oxygens (including phenoxy) is 1. The van der Waals surface area contributed by atoms with E-state index in [1.54, 1.807) is 12.1 Å². The summed E-state index contributed by atoms with van der Waals surface area (Å²) in [4.78, 5) is 0. The molecule has 1 aromatic carbocycles. The minimum absolute atomic E-state index is 0.134. The van der Waals surface area contributed by atoms with Gasteiger partial charge in [-0.15, -0.1) is 10.2 Å². The predicted molar refractivity (Wildman–Crippen MR) is 112 cm³/mol. The van der Waals surface area contributed by atoms with Crippen LogP contribution in [0.15, 0.2) is 30.3 Å². The van der Waals surface area contributed by atoms with Gasteiger partial charge >= 0.3 is 0 Å². The summed E-state index contributed by atoms with van der Waals surface area (Å²) in [6.07, 6.45) is 10.6. The third-order valence-electron chi connectivity index (χ3n) is 6.10. The number of rotatable bonds is 9. The standard InChI is InChI=1S/C24H33FN2O/c1-3-5-16-28-24-15-14-23(26-27-24)21-13-12-20(22(25)17-21)11-10-19-8-6-18(4-2)7-9-19/h12-15,17-19H,3-11,16H2,1-2H3/t18-,19-. The molecule has 3 rings (SSSR count). The number of aryl methyl sites for hydroxylation is 1. The predicted octanol–water partition coefficient (Wildman–Crippen LogP) is 6.61. The Morgan fingerprint density at radius 1 is 1.00 bits per heavy atom. The lowest BCUT2D eigenvalue weighted by Gasteiger charge is -2.27. The number of hydrogen-bond donors (Lipinski definition) is 0. The molecule has 1 aliphatic rings. The Morgan fingerprint density at radius 3 is 2.43 bits per heavy atom. The van der Waals surface area contributed by atoms with Gasteiger partial charge in [0.2, 0.25) is 5.88 Å². The van der Waals surface area contributed by atoms with Crippen LogP contribution in [0.3, 0.4) is 0 Å². The second kappa shape index (κ2) is 10.5. The Balaban J connectivity index is 1.55. The van der Waals surface area contributed by atoms with E-state index in [0.29, 0.717) is 18.2 Å². The van der Waals surface area contributed by atoms with Crippen LogP contribution in [0.1, 0.15) is 70.8 Å². The average molecular weight is 385 g/mol. The quantitative estimate of drug-likeness (QED) is 0.456. The van der Waals surface area contributed by atoms with E-state index in [-0.39, 0.29) is 5.82 Å². The summed E-state index contributed by atoms with van der Waals surface area (Å²) in [6, 6.07) is 9.10. The monoisotopic (exact) mass is 384 g/mol. The third-order valence-corrected chi connectivity index (χ3v) is 6.10. The van der Waals surface area contributed by atoms with Crippen LogP contribution in [0.4, 0.5) is 4.39 Å². The van der Waals surface area contributed by atoms with Gasteiger partial charge in [-0.1, -0.05) is 64.5 Å². The molecule has 0 bridgehead atoms. The van der Waals surface area contributed by atoms with E-state index < -0.39 is 0 Å². The zero-order chi connectivity index (χ0) is 19.8. The SMILES string of the molecule is CCCCOc1ccc(-c2ccc(CC[C@H]3CC[C@H](CC)CC3)c(F)c2)nn1. The molecule has 0 unspecified atom stereocenters. The highest BCUT2D eigenvalue weighted by atomic mass is 19.1. The fourth-order valence-corrected chi connectivity index (χ4v) is 4.07. The smallest absolute Gasteiger partial charge is 0.233 e. The van der Waals surface area contributed by atoms with Crippen molar-refractivity contribution >= 4 is 0 Å². The van der Waals surface area contributed by atoms with Crippen molar-refractivity contribution < 1.29 is 9.13 Å². The molecule has 1 aromatic heterocycles. The molecular formula is C24H33FN2O. The summed E-state index contributed by atoms with van der Waals surface area (Å²) >= 11 is 0. The van der Waals surface area contributed by atoms with Gasteiger partial charge in [-0.25, -0.2) is 4.39 Å². The number of aromatic nitrogens is 2. The van der Waals surface area contributed by atoms with Gasteiger partial charge in [-0.2, -0.15) is 0 Å². The number of unbranched alkanes of at least 4 members (excludes halogenated alkanes) is 1. The Hall–Kier alpha value is -1.97. The molecule has 0 amide bonds. The molecule has 1 aliphatic carbocycles. The molecule has 1 fully saturated rings. The van der Waals surface area contributed by atoms with Crippen molar-refractivity contribution in [2.75, 3.05) is 6.61 Å². The molecule has 0 radical (unpaired) electrons. The van der Waals surface area contributed by atoms with E-state index in [4.69, 9.17) is 4.74 Å². The van der Waals surface area contributed by atoms with Crippen LogP contribution in [-0.4, -0.2) is 16.8 Å². The van der Waals surface area contributed by atoms with Gasteiger partial charge in [0.1, 0.15) is 5.82 Å². The first-order valence-corrected chi connectivity index (χ1v) is 10.9. The normalized spacial score (nSPS) is 19.5. The van der Waals surface area contributed by atoms with E-state index in [2.05, 4.69) is 24.0 Å². The summed E-state index contributed by atoms with van der Waals surface area (Å²) < 4.78 is 20.2. The summed E-state index contributed by atoms with van der Waals surface area (Å²) in [7, 11) is 0. The molecule has 0 N–H and O–H groups in total. The van der Waals surface area contributed by atoms with Crippen molar-refractivity contribution in [2.45, 2.75) is 71.6 Å². The summed E-state index contributed by atoms with van der Waals surface area (Å²) in [6.45, 7) is 5.06. The van der Waals surface area contributed by atoms with Gasteiger partial charge in [0, 0.05) is 11.6 Å². The Labute approximate surface area is 168 Å². The molecule has 1 saturated carbocycles. The maximum Gasteiger partial charge on any atom is 0.233 e. The highest BCUT2D eigenvalue weighted by Crippen LogP contribution is 2.33.